The highest BCUT2D eigenvalue weighted by Gasteiger charge is 2.23. The van der Waals surface area contributed by atoms with Gasteiger partial charge in [0.15, 0.2) is 0 Å². The molecule has 1 aromatic heterocycles. The quantitative estimate of drug-likeness (QED) is 0.897. The van der Waals surface area contributed by atoms with Crippen LogP contribution in [-0.2, 0) is 0 Å². The third-order valence-corrected chi connectivity index (χ3v) is 4.57. The number of hydrogen-bond acceptors (Lipinski definition) is 3. The van der Waals surface area contributed by atoms with Gasteiger partial charge < -0.3 is 5.32 Å². The molecule has 21 heavy (non-hydrogen) atoms. The van der Waals surface area contributed by atoms with Crippen LogP contribution in [0.3, 0.4) is 0 Å². The Hall–Kier alpha value is -0.930. The largest absolute Gasteiger partial charge is 0.314 e. The molecule has 2 heterocycles. The molecule has 0 radical (unpaired) electrons. The standard InChI is InChI=1S/C18H31N3/c1-15(16-5-10-19-11-6-16)21-13-7-17(8-14-21)20-12-9-18(2,3)4/h5-6,10-11,15,17,20H,7-9,12-14H2,1-4H3/t15-/m0/s1. The molecule has 1 aliphatic heterocycles. The number of rotatable bonds is 5. The van der Waals surface area contributed by atoms with Gasteiger partial charge in [-0.1, -0.05) is 20.8 Å². The van der Waals surface area contributed by atoms with Gasteiger partial charge >= 0.3 is 0 Å². The minimum atomic E-state index is 0.434. The van der Waals surface area contributed by atoms with Crippen LogP contribution in [-0.4, -0.2) is 35.6 Å². The van der Waals surface area contributed by atoms with E-state index in [-0.39, 0.29) is 0 Å². The Kier molecular flexibility index (Phi) is 5.77. The number of nitrogens with one attached hydrogen (secondary N) is 1. The molecule has 0 unspecified atom stereocenters. The maximum absolute atomic E-state index is 4.11. The first kappa shape index (κ1) is 16.4. The average Bonchev–Trinajstić information content (AvgIpc) is 2.47. The summed E-state index contributed by atoms with van der Waals surface area (Å²) in [7, 11) is 0. The Labute approximate surface area is 130 Å². The van der Waals surface area contributed by atoms with Crippen molar-refractivity contribution in [3.63, 3.8) is 0 Å². The molecule has 1 N–H and O–H groups in total. The van der Waals surface area contributed by atoms with E-state index in [1.54, 1.807) is 0 Å². The number of pyridine rings is 1. The summed E-state index contributed by atoms with van der Waals surface area (Å²) in [4.78, 5) is 6.70. The Morgan fingerprint density at radius 2 is 1.86 bits per heavy atom. The lowest BCUT2D eigenvalue weighted by molar-refractivity contribution is 0.151. The highest BCUT2D eigenvalue weighted by atomic mass is 15.2. The molecule has 1 aliphatic rings. The van der Waals surface area contributed by atoms with Crippen LogP contribution in [0.15, 0.2) is 24.5 Å². The fourth-order valence-corrected chi connectivity index (χ4v) is 2.99. The lowest BCUT2D eigenvalue weighted by Crippen LogP contribution is -2.43. The van der Waals surface area contributed by atoms with Gasteiger partial charge in [0.2, 0.25) is 0 Å². The summed E-state index contributed by atoms with van der Waals surface area (Å²) in [5.74, 6) is 0. The van der Waals surface area contributed by atoms with Crippen LogP contribution in [0.4, 0.5) is 0 Å². The zero-order valence-electron chi connectivity index (χ0n) is 14.1. The van der Waals surface area contributed by atoms with E-state index in [0.717, 1.165) is 6.54 Å². The molecule has 0 spiro atoms. The smallest absolute Gasteiger partial charge is 0.0321 e. The molecule has 3 heteroatoms. The van der Waals surface area contributed by atoms with Crippen molar-refractivity contribution in [3.05, 3.63) is 30.1 Å². The molecule has 1 aromatic rings. The topological polar surface area (TPSA) is 28.2 Å². The van der Waals surface area contributed by atoms with Crippen LogP contribution in [0.5, 0.6) is 0 Å². The maximum atomic E-state index is 4.11. The summed E-state index contributed by atoms with van der Waals surface area (Å²) in [6.07, 6.45) is 7.57. The number of aromatic nitrogens is 1. The summed E-state index contributed by atoms with van der Waals surface area (Å²) in [5.41, 5.74) is 1.81. The number of likely N-dealkylation sites (tertiary alicyclic amines) is 1. The van der Waals surface area contributed by atoms with E-state index in [4.69, 9.17) is 0 Å². The molecule has 1 atom stereocenters. The molecule has 1 fully saturated rings. The van der Waals surface area contributed by atoms with Crippen LogP contribution in [0.2, 0.25) is 0 Å². The summed E-state index contributed by atoms with van der Waals surface area (Å²) in [6, 6.07) is 5.48. The molecule has 118 valence electrons. The molecule has 0 bridgehead atoms. The van der Waals surface area contributed by atoms with Crippen LogP contribution >= 0.6 is 0 Å². The van der Waals surface area contributed by atoms with Gasteiger partial charge in [0.05, 0.1) is 0 Å². The van der Waals surface area contributed by atoms with Gasteiger partial charge in [-0.25, -0.2) is 0 Å². The number of nitrogens with zero attached hydrogens (tertiary/aromatic N) is 2. The van der Waals surface area contributed by atoms with E-state index in [1.165, 1.54) is 37.9 Å². The summed E-state index contributed by atoms with van der Waals surface area (Å²) in [6.45, 7) is 12.8. The summed E-state index contributed by atoms with van der Waals surface area (Å²) < 4.78 is 0. The Morgan fingerprint density at radius 1 is 1.24 bits per heavy atom. The molecular formula is C18H31N3. The van der Waals surface area contributed by atoms with Crippen molar-refractivity contribution in [2.45, 2.75) is 59.0 Å². The Bertz CT molecular complexity index is 402. The highest BCUT2D eigenvalue weighted by molar-refractivity contribution is 5.14. The zero-order valence-corrected chi connectivity index (χ0v) is 14.1. The first-order chi connectivity index (χ1) is 9.96. The van der Waals surface area contributed by atoms with Gasteiger partial charge in [-0.2, -0.15) is 0 Å². The van der Waals surface area contributed by atoms with E-state index in [0.29, 0.717) is 17.5 Å². The van der Waals surface area contributed by atoms with Gasteiger partial charge in [0.1, 0.15) is 0 Å². The van der Waals surface area contributed by atoms with Crippen LogP contribution in [0.1, 0.15) is 58.6 Å². The number of piperidine rings is 1. The Balaban J connectivity index is 1.73. The Morgan fingerprint density at radius 3 is 2.43 bits per heavy atom. The normalized spacial score (nSPS) is 19.6. The SMILES string of the molecule is C[C@@H](c1ccncc1)N1CCC(NCCC(C)(C)C)CC1. The minimum absolute atomic E-state index is 0.434. The first-order valence-electron chi connectivity index (χ1n) is 8.33. The minimum Gasteiger partial charge on any atom is -0.314 e. The molecule has 2 rings (SSSR count). The van der Waals surface area contributed by atoms with E-state index in [1.807, 2.05) is 12.4 Å². The molecule has 3 nitrogen and oxygen atoms in total. The van der Waals surface area contributed by atoms with E-state index < -0.39 is 0 Å². The lowest BCUT2D eigenvalue weighted by atomic mass is 9.92. The molecule has 0 aromatic carbocycles. The number of hydrogen-bond donors (Lipinski definition) is 1. The van der Waals surface area contributed by atoms with Crippen molar-refractivity contribution in [3.8, 4) is 0 Å². The molecule has 0 amide bonds. The van der Waals surface area contributed by atoms with Crippen molar-refractivity contribution in [1.29, 1.82) is 0 Å². The van der Waals surface area contributed by atoms with E-state index in [9.17, 15) is 0 Å². The monoisotopic (exact) mass is 289 g/mol. The average molecular weight is 289 g/mol. The third-order valence-electron chi connectivity index (χ3n) is 4.57. The van der Waals surface area contributed by atoms with Gasteiger partial charge in [0.25, 0.3) is 0 Å². The van der Waals surface area contributed by atoms with E-state index >= 15 is 0 Å². The predicted octanol–water partition coefficient (Wildman–Crippen LogP) is 3.63. The molecule has 0 saturated carbocycles. The van der Waals surface area contributed by atoms with Crippen molar-refractivity contribution < 1.29 is 0 Å². The van der Waals surface area contributed by atoms with Gasteiger partial charge in [-0.05, 0) is 55.8 Å². The van der Waals surface area contributed by atoms with Crippen molar-refractivity contribution in [2.75, 3.05) is 19.6 Å². The third kappa shape index (κ3) is 5.40. The fraction of sp³-hybridized carbons (Fsp3) is 0.722. The summed E-state index contributed by atoms with van der Waals surface area (Å²) in [5, 5.41) is 3.74. The zero-order chi connectivity index (χ0) is 15.3. The molecular weight excluding hydrogens is 258 g/mol. The van der Waals surface area contributed by atoms with Crippen molar-refractivity contribution >= 4 is 0 Å². The lowest BCUT2D eigenvalue weighted by Gasteiger charge is -2.36. The second-order valence-electron chi connectivity index (χ2n) is 7.53. The fourth-order valence-electron chi connectivity index (χ4n) is 2.99. The van der Waals surface area contributed by atoms with Crippen molar-refractivity contribution in [1.82, 2.24) is 15.2 Å². The predicted molar refractivity (Wildman–Crippen MR) is 89.3 cm³/mol. The van der Waals surface area contributed by atoms with Crippen molar-refractivity contribution in [2.24, 2.45) is 5.41 Å². The maximum Gasteiger partial charge on any atom is 0.0321 e. The van der Waals surface area contributed by atoms with Crippen LogP contribution in [0.25, 0.3) is 0 Å². The molecule has 0 aliphatic carbocycles. The van der Waals surface area contributed by atoms with Gasteiger partial charge in [-0.15, -0.1) is 0 Å². The summed E-state index contributed by atoms with van der Waals surface area (Å²) >= 11 is 0. The molecule has 1 saturated heterocycles. The second kappa shape index (κ2) is 7.37. The van der Waals surface area contributed by atoms with E-state index in [2.05, 4.69) is 55.0 Å². The highest BCUT2D eigenvalue weighted by Crippen LogP contribution is 2.24. The van der Waals surface area contributed by atoms with Crippen LogP contribution < -0.4 is 5.32 Å². The second-order valence-corrected chi connectivity index (χ2v) is 7.53. The first-order valence-corrected chi connectivity index (χ1v) is 8.33. The van der Waals surface area contributed by atoms with Gasteiger partial charge in [-0.3, -0.25) is 9.88 Å². The van der Waals surface area contributed by atoms with Gasteiger partial charge in [0, 0.05) is 37.6 Å². The van der Waals surface area contributed by atoms with Crippen LogP contribution in [0, 0.1) is 5.41 Å².